The van der Waals surface area contributed by atoms with Gasteiger partial charge in [0.1, 0.15) is 17.0 Å². The molecule has 29 heavy (non-hydrogen) atoms. The van der Waals surface area contributed by atoms with Crippen molar-refractivity contribution in [2.45, 2.75) is 57.1 Å². The fourth-order valence-electron chi connectivity index (χ4n) is 4.67. The molecule has 3 aromatic heterocycles. The van der Waals surface area contributed by atoms with Gasteiger partial charge < -0.3 is 4.90 Å². The number of piperidine rings is 1. The molecule has 10 nitrogen and oxygen atoms in total. The van der Waals surface area contributed by atoms with Crippen LogP contribution >= 0.6 is 0 Å². The van der Waals surface area contributed by atoms with E-state index in [2.05, 4.69) is 25.3 Å². The number of fused-ring (bicyclic) bond motifs is 3. The normalized spacial score (nSPS) is 22.4. The van der Waals surface area contributed by atoms with Crippen LogP contribution in [0.1, 0.15) is 37.7 Å². The summed E-state index contributed by atoms with van der Waals surface area (Å²) < 4.78 is 32.1. The number of sulfonamides is 1. The van der Waals surface area contributed by atoms with Gasteiger partial charge in [-0.2, -0.15) is 13.9 Å². The number of nitrogens with zero attached hydrogens (tertiary/aromatic N) is 8. The summed E-state index contributed by atoms with van der Waals surface area (Å²) in [6, 6.07) is 3.78. The first-order chi connectivity index (χ1) is 13.8. The molecule has 3 aliphatic rings. The lowest BCUT2D eigenvalue weighted by Crippen LogP contribution is -2.70. The Kier molecular flexibility index (Phi) is 3.97. The SMILES string of the molecule is Cc1nn(C(C)C)c(C)c1S(=O)(=O)N1C2CC1CN(c1ccc3nncn3n1)C2. The first kappa shape index (κ1) is 18.5. The van der Waals surface area contributed by atoms with E-state index in [0.717, 1.165) is 12.2 Å². The van der Waals surface area contributed by atoms with Crippen molar-refractivity contribution >= 4 is 21.5 Å². The number of anilines is 1. The Labute approximate surface area is 169 Å². The summed E-state index contributed by atoms with van der Waals surface area (Å²) in [4.78, 5) is 2.50. The van der Waals surface area contributed by atoms with Crippen molar-refractivity contribution in [1.82, 2.24) is 33.9 Å². The second-order valence-corrected chi connectivity index (χ2v) is 9.93. The van der Waals surface area contributed by atoms with Crippen LogP contribution in [0.2, 0.25) is 0 Å². The third-order valence-electron chi connectivity index (χ3n) is 5.88. The number of aromatic nitrogens is 6. The van der Waals surface area contributed by atoms with Crippen molar-refractivity contribution in [3.05, 3.63) is 29.8 Å². The first-order valence-corrected chi connectivity index (χ1v) is 11.2. The number of rotatable bonds is 4. The van der Waals surface area contributed by atoms with E-state index in [1.54, 1.807) is 26.8 Å². The van der Waals surface area contributed by atoms with Crippen LogP contribution in [0.15, 0.2) is 23.4 Å². The number of piperazine rings is 1. The Morgan fingerprint density at radius 3 is 2.48 bits per heavy atom. The van der Waals surface area contributed by atoms with E-state index in [0.29, 0.717) is 35.0 Å². The van der Waals surface area contributed by atoms with Crippen LogP contribution in [0, 0.1) is 13.8 Å². The van der Waals surface area contributed by atoms with Crippen molar-refractivity contribution in [2.24, 2.45) is 0 Å². The molecule has 0 aliphatic carbocycles. The molecule has 3 saturated heterocycles. The summed E-state index contributed by atoms with van der Waals surface area (Å²) in [5.41, 5.74) is 1.96. The number of hydrogen-bond donors (Lipinski definition) is 0. The summed E-state index contributed by atoms with van der Waals surface area (Å²) in [6.07, 6.45) is 2.44. The molecule has 0 radical (unpaired) electrons. The van der Waals surface area contributed by atoms with Gasteiger partial charge in [0.15, 0.2) is 5.65 Å². The average Bonchev–Trinajstić information content (AvgIpc) is 3.24. The lowest BCUT2D eigenvalue weighted by Gasteiger charge is -2.55. The molecule has 3 aromatic rings. The van der Waals surface area contributed by atoms with Crippen LogP contribution in [0.25, 0.3) is 5.65 Å². The highest BCUT2D eigenvalue weighted by Gasteiger charge is 2.52. The van der Waals surface area contributed by atoms with Gasteiger partial charge in [0, 0.05) is 31.2 Å². The molecular formula is C18H24N8O2S. The van der Waals surface area contributed by atoms with Gasteiger partial charge >= 0.3 is 0 Å². The third-order valence-corrected chi connectivity index (χ3v) is 8.14. The largest absolute Gasteiger partial charge is 0.352 e. The van der Waals surface area contributed by atoms with E-state index in [9.17, 15) is 8.42 Å². The topological polar surface area (TPSA) is 102 Å². The lowest BCUT2D eigenvalue weighted by molar-refractivity contribution is 0.0872. The fraction of sp³-hybridized carbons (Fsp3) is 0.556. The maximum atomic E-state index is 13.5. The summed E-state index contributed by atoms with van der Waals surface area (Å²) in [7, 11) is -3.59. The quantitative estimate of drug-likeness (QED) is 0.629. The molecule has 0 N–H and O–H groups in total. The monoisotopic (exact) mass is 416 g/mol. The molecular weight excluding hydrogens is 392 g/mol. The van der Waals surface area contributed by atoms with E-state index in [4.69, 9.17) is 0 Å². The van der Waals surface area contributed by atoms with Crippen molar-refractivity contribution in [3.63, 3.8) is 0 Å². The van der Waals surface area contributed by atoms with E-state index >= 15 is 0 Å². The van der Waals surface area contributed by atoms with Gasteiger partial charge in [-0.05, 0) is 46.2 Å². The summed E-state index contributed by atoms with van der Waals surface area (Å²) in [6.45, 7) is 8.86. The molecule has 3 aliphatic heterocycles. The highest BCUT2D eigenvalue weighted by molar-refractivity contribution is 7.89. The molecule has 154 valence electrons. The minimum absolute atomic E-state index is 0.0571. The second-order valence-electron chi connectivity index (χ2n) is 8.15. The Morgan fingerprint density at radius 1 is 1.10 bits per heavy atom. The van der Waals surface area contributed by atoms with Crippen LogP contribution in [-0.2, 0) is 10.0 Å². The van der Waals surface area contributed by atoms with Crippen LogP contribution in [0.3, 0.4) is 0 Å². The molecule has 11 heteroatoms. The van der Waals surface area contributed by atoms with Crippen LogP contribution < -0.4 is 4.90 Å². The van der Waals surface area contributed by atoms with Gasteiger partial charge in [-0.3, -0.25) is 4.68 Å². The second kappa shape index (κ2) is 6.23. The zero-order valence-corrected chi connectivity index (χ0v) is 17.7. The van der Waals surface area contributed by atoms with Crippen molar-refractivity contribution in [1.29, 1.82) is 0 Å². The molecule has 0 saturated carbocycles. The average molecular weight is 417 g/mol. The van der Waals surface area contributed by atoms with Gasteiger partial charge in [-0.25, -0.2) is 8.42 Å². The third kappa shape index (κ3) is 2.67. The first-order valence-electron chi connectivity index (χ1n) is 9.78. The molecule has 6 rings (SSSR count). The van der Waals surface area contributed by atoms with Gasteiger partial charge in [-0.15, -0.1) is 15.3 Å². The summed E-state index contributed by atoms with van der Waals surface area (Å²) >= 11 is 0. The lowest BCUT2D eigenvalue weighted by atomic mass is 9.91. The summed E-state index contributed by atoms with van der Waals surface area (Å²) in [5, 5.41) is 16.8. The van der Waals surface area contributed by atoms with Crippen molar-refractivity contribution < 1.29 is 8.42 Å². The predicted molar refractivity (Wildman–Crippen MR) is 106 cm³/mol. The Hall–Kier alpha value is -2.53. The number of hydrogen-bond acceptors (Lipinski definition) is 7. The minimum Gasteiger partial charge on any atom is -0.352 e. The maximum absolute atomic E-state index is 13.5. The van der Waals surface area contributed by atoms with Gasteiger partial charge in [0.25, 0.3) is 0 Å². The molecule has 2 unspecified atom stereocenters. The van der Waals surface area contributed by atoms with E-state index in [-0.39, 0.29) is 18.1 Å². The van der Waals surface area contributed by atoms with Gasteiger partial charge in [0.05, 0.1) is 11.4 Å². The highest BCUT2D eigenvalue weighted by Crippen LogP contribution is 2.40. The molecule has 2 bridgehead atoms. The van der Waals surface area contributed by atoms with Gasteiger partial charge in [0.2, 0.25) is 10.0 Å². The van der Waals surface area contributed by atoms with Crippen LogP contribution in [-0.4, -0.2) is 67.5 Å². The highest BCUT2D eigenvalue weighted by atomic mass is 32.2. The maximum Gasteiger partial charge on any atom is 0.247 e. The smallest absolute Gasteiger partial charge is 0.247 e. The molecule has 3 fully saturated rings. The van der Waals surface area contributed by atoms with Crippen LogP contribution in [0.5, 0.6) is 0 Å². The predicted octanol–water partition coefficient (Wildman–Crippen LogP) is 1.17. The molecule has 0 spiro atoms. The van der Waals surface area contributed by atoms with Crippen molar-refractivity contribution in [2.75, 3.05) is 18.0 Å². The number of aryl methyl sites for hydroxylation is 1. The van der Waals surface area contributed by atoms with E-state index in [1.165, 1.54) is 0 Å². The van der Waals surface area contributed by atoms with Crippen LogP contribution in [0.4, 0.5) is 5.82 Å². The zero-order chi connectivity index (χ0) is 20.5. The molecule has 6 heterocycles. The van der Waals surface area contributed by atoms with E-state index in [1.807, 2.05) is 32.9 Å². The Morgan fingerprint density at radius 2 is 1.83 bits per heavy atom. The van der Waals surface area contributed by atoms with Crippen molar-refractivity contribution in [3.8, 4) is 0 Å². The molecule has 0 aromatic carbocycles. The Bertz CT molecular complexity index is 1190. The minimum atomic E-state index is -3.59. The summed E-state index contributed by atoms with van der Waals surface area (Å²) in [5.74, 6) is 0.809. The zero-order valence-electron chi connectivity index (χ0n) is 16.9. The fourth-order valence-corrected chi connectivity index (χ4v) is 6.85. The van der Waals surface area contributed by atoms with Gasteiger partial charge in [-0.1, -0.05) is 0 Å². The standard InChI is InChI=1S/C18H24N8O2S/c1-11(2)25-13(4)18(12(3)21-25)29(27,28)26-14-7-15(26)9-23(8-14)17-6-5-16-20-19-10-24(16)22-17/h5-6,10-11,14-15H,7-9H2,1-4H3. The molecule has 2 atom stereocenters. The Balaban J connectivity index is 1.42. The van der Waals surface area contributed by atoms with E-state index < -0.39 is 10.0 Å². The molecule has 0 amide bonds.